The summed E-state index contributed by atoms with van der Waals surface area (Å²) < 4.78 is 27.3. The van der Waals surface area contributed by atoms with E-state index in [9.17, 15) is 8.42 Å². The summed E-state index contributed by atoms with van der Waals surface area (Å²) in [6.45, 7) is 2.44. The van der Waals surface area contributed by atoms with Crippen molar-refractivity contribution in [3.05, 3.63) is 64.9 Å². The second kappa shape index (κ2) is 10.9. The van der Waals surface area contributed by atoms with Crippen molar-refractivity contribution in [1.82, 2.24) is 19.6 Å². The van der Waals surface area contributed by atoms with Crippen molar-refractivity contribution in [2.45, 2.75) is 11.3 Å². The average molecular weight is 513 g/mol. The third-order valence-electron chi connectivity index (χ3n) is 5.42. The Hall–Kier alpha value is -3.38. The third kappa shape index (κ3) is 6.01. The molecule has 0 amide bonds. The highest BCUT2D eigenvalue weighted by Crippen LogP contribution is 2.32. The molecular formula is C23H25ClN8O2S. The first-order chi connectivity index (χ1) is 16.9. The van der Waals surface area contributed by atoms with Crippen LogP contribution in [-0.2, 0) is 10.0 Å². The summed E-state index contributed by atoms with van der Waals surface area (Å²) in [5.41, 5.74) is 15.8. The molecule has 1 aromatic heterocycles. The van der Waals surface area contributed by atoms with E-state index in [0.717, 1.165) is 18.5 Å². The molecule has 0 spiro atoms. The van der Waals surface area contributed by atoms with E-state index in [1.165, 1.54) is 4.31 Å². The molecular weight excluding hydrogens is 488 g/mol. The summed E-state index contributed by atoms with van der Waals surface area (Å²) in [7, 11) is -3.53. The molecule has 0 aliphatic carbocycles. The molecule has 0 atom stereocenters. The maximum absolute atomic E-state index is 12.9. The van der Waals surface area contributed by atoms with Crippen molar-refractivity contribution in [3.63, 3.8) is 0 Å². The Balaban J connectivity index is 1.43. The summed E-state index contributed by atoms with van der Waals surface area (Å²) in [6.07, 6.45) is 7.55. The second-order valence-electron chi connectivity index (χ2n) is 7.88. The first kappa shape index (κ1) is 24.7. The van der Waals surface area contributed by atoms with Gasteiger partial charge in [0.05, 0.1) is 10.6 Å². The lowest BCUT2D eigenvalue weighted by atomic mass is 10.1. The molecule has 1 saturated heterocycles. The lowest BCUT2D eigenvalue weighted by Gasteiger charge is -2.19. The molecule has 5 N–H and O–H groups in total. The number of benzene rings is 2. The molecule has 4 rings (SSSR count). The molecule has 0 saturated carbocycles. The molecule has 2 heterocycles. The molecule has 35 heavy (non-hydrogen) atoms. The van der Waals surface area contributed by atoms with Crippen LogP contribution in [0.3, 0.4) is 0 Å². The van der Waals surface area contributed by atoms with Gasteiger partial charge in [-0.1, -0.05) is 23.8 Å². The van der Waals surface area contributed by atoms with E-state index >= 15 is 0 Å². The molecule has 2 aromatic carbocycles. The lowest BCUT2D eigenvalue weighted by Crippen LogP contribution is -2.34. The highest BCUT2D eigenvalue weighted by molar-refractivity contribution is 7.89. The quantitative estimate of drug-likeness (QED) is 0.272. The second-order valence-corrected chi connectivity index (χ2v) is 10.2. The first-order valence-corrected chi connectivity index (χ1v) is 12.7. The minimum Gasteiger partial charge on any atom is -0.397 e. The number of sulfonamides is 1. The van der Waals surface area contributed by atoms with Gasteiger partial charge in [0.1, 0.15) is 5.69 Å². The molecule has 12 heteroatoms. The number of nitrogens with two attached hydrogens (primary N) is 1. The van der Waals surface area contributed by atoms with Crippen LogP contribution in [0, 0.1) is 5.53 Å². The van der Waals surface area contributed by atoms with Gasteiger partial charge >= 0.3 is 0 Å². The zero-order valence-corrected chi connectivity index (χ0v) is 20.4. The molecule has 0 unspecified atom stereocenters. The number of nitrogen functional groups attached to an aromatic ring is 1. The van der Waals surface area contributed by atoms with Crippen LogP contribution in [0.15, 0.2) is 58.8 Å². The van der Waals surface area contributed by atoms with Gasteiger partial charge < -0.3 is 16.4 Å². The molecule has 3 aromatic rings. The Morgan fingerprint density at radius 2 is 1.86 bits per heavy atom. The Morgan fingerprint density at radius 3 is 2.57 bits per heavy atom. The SMILES string of the molecule is N=Nc1c(N)cc(Cl)cc1/C=C/c1cnc(Nc2ccc(S(=O)(=O)N3CCCNCC3)cc2)nc1. The van der Waals surface area contributed by atoms with E-state index in [1.807, 2.05) is 0 Å². The van der Waals surface area contributed by atoms with E-state index in [0.29, 0.717) is 53.2 Å². The fourth-order valence-electron chi connectivity index (χ4n) is 3.62. The monoisotopic (exact) mass is 512 g/mol. The summed E-state index contributed by atoms with van der Waals surface area (Å²) in [4.78, 5) is 8.86. The Labute approximate surface area is 208 Å². The minimum atomic E-state index is -3.53. The van der Waals surface area contributed by atoms with Gasteiger partial charge in [-0.25, -0.2) is 23.9 Å². The van der Waals surface area contributed by atoms with Crippen molar-refractivity contribution in [2.75, 3.05) is 37.2 Å². The van der Waals surface area contributed by atoms with E-state index in [4.69, 9.17) is 22.9 Å². The van der Waals surface area contributed by atoms with E-state index in [2.05, 4.69) is 25.7 Å². The number of anilines is 3. The standard InChI is InChI=1S/C23H25ClN8O2S/c24-18-12-17(22(31-26)21(25)13-18)3-2-16-14-28-23(29-15-16)30-19-4-6-20(7-5-19)35(33,34)32-10-1-8-27-9-11-32/h2-7,12-15,26-27H,1,8-11,25H2,(H,28,29,30)/b3-2+,31-26?. The number of nitrogens with zero attached hydrogens (tertiary/aromatic N) is 4. The number of rotatable bonds is 7. The molecule has 0 radical (unpaired) electrons. The summed E-state index contributed by atoms with van der Waals surface area (Å²) in [5, 5.41) is 10.2. The first-order valence-electron chi connectivity index (χ1n) is 10.9. The van der Waals surface area contributed by atoms with E-state index < -0.39 is 10.0 Å². The zero-order chi connectivity index (χ0) is 24.8. The molecule has 0 bridgehead atoms. The van der Waals surface area contributed by atoms with Crippen LogP contribution < -0.4 is 16.4 Å². The number of aromatic nitrogens is 2. The van der Waals surface area contributed by atoms with Gasteiger partial charge in [-0.15, -0.1) is 0 Å². The predicted molar refractivity (Wildman–Crippen MR) is 138 cm³/mol. The van der Waals surface area contributed by atoms with Crippen LogP contribution in [-0.4, -0.2) is 48.9 Å². The Bertz CT molecular complexity index is 1320. The highest BCUT2D eigenvalue weighted by atomic mass is 35.5. The zero-order valence-electron chi connectivity index (χ0n) is 18.8. The fraction of sp³-hybridized carbons (Fsp3) is 0.217. The smallest absolute Gasteiger partial charge is 0.243 e. The van der Waals surface area contributed by atoms with Gasteiger partial charge in [0.25, 0.3) is 0 Å². The average Bonchev–Trinajstić information content (AvgIpc) is 3.14. The summed E-state index contributed by atoms with van der Waals surface area (Å²) in [5.74, 6) is 0.366. The number of hydrogen-bond acceptors (Lipinski definition) is 9. The normalized spacial score (nSPS) is 15.1. The van der Waals surface area contributed by atoms with Crippen LogP contribution in [0.2, 0.25) is 5.02 Å². The summed E-state index contributed by atoms with van der Waals surface area (Å²) >= 11 is 6.05. The highest BCUT2D eigenvalue weighted by Gasteiger charge is 2.24. The van der Waals surface area contributed by atoms with E-state index in [1.54, 1.807) is 60.9 Å². The van der Waals surface area contributed by atoms with Gasteiger partial charge in [-0.3, -0.25) is 0 Å². The van der Waals surface area contributed by atoms with Gasteiger partial charge in [-0.05, 0) is 49.4 Å². The van der Waals surface area contributed by atoms with E-state index in [-0.39, 0.29) is 4.90 Å². The number of halogens is 1. The van der Waals surface area contributed by atoms with Crippen LogP contribution in [0.1, 0.15) is 17.5 Å². The Morgan fingerprint density at radius 1 is 1.11 bits per heavy atom. The van der Waals surface area contributed by atoms with Crippen LogP contribution in [0.4, 0.5) is 23.0 Å². The number of hydrogen-bond donors (Lipinski definition) is 4. The predicted octanol–water partition coefficient (Wildman–Crippen LogP) is 4.27. The maximum atomic E-state index is 12.9. The van der Waals surface area contributed by atoms with Gasteiger partial charge in [-0.2, -0.15) is 9.42 Å². The van der Waals surface area contributed by atoms with Gasteiger partial charge in [0.15, 0.2) is 0 Å². The molecule has 182 valence electrons. The number of nitrogens with one attached hydrogen (secondary N) is 3. The van der Waals surface area contributed by atoms with Crippen molar-refractivity contribution >= 4 is 56.8 Å². The van der Waals surface area contributed by atoms with Crippen molar-refractivity contribution in [2.24, 2.45) is 5.11 Å². The summed E-state index contributed by atoms with van der Waals surface area (Å²) in [6, 6.07) is 9.76. The van der Waals surface area contributed by atoms with Crippen molar-refractivity contribution in [3.8, 4) is 0 Å². The third-order valence-corrected chi connectivity index (χ3v) is 7.55. The molecule has 1 aliphatic heterocycles. The van der Waals surface area contributed by atoms with Crippen molar-refractivity contribution < 1.29 is 8.42 Å². The van der Waals surface area contributed by atoms with Gasteiger partial charge in [0, 0.05) is 53.9 Å². The topological polar surface area (TPSA) is 149 Å². The molecule has 1 fully saturated rings. The largest absolute Gasteiger partial charge is 0.397 e. The fourth-order valence-corrected chi connectivity index (χ4v) is 5.34. The van der Waals surface area contributed by atoms with Crippen LogP contribution >= 0.6 is 11.6 Å². The van der Waals surface area contributed by atoms with Crippen LogP contribution in [0.5, 0.6) is 0 Å². The van der Waals surface area contributed by atoms with Gasteiger partial charge in [0.2, 0.25) is 16.0 Å². The maximum Gasteiger partial charge on any atom is 0.243 e. The molecule has 1 aliphatic rings. The Kier molecular flexibility index (Phi) is 7.71. The van der Waals surface area contributed by atoms with Crippen molar-refractivity contribution in [1.29, 1.82) is 5.53 Å². The molecule has 10 nitrogen and oxygen atoms in total. The van der Waals surface area contributed by atoms with Crippen LogP contribution in [0.25, 0.3) is 12.2 Å². The minimum absolute atomic E-state index is 0.256. The lowest BCUT2D eigenvalue weighted by molar-refractivity contribution is 0.432.